The highest BCUT2D eigenvalue weighted by molar-refractivity contribution is 7.91. The number of piperazine rings is 1. The molecule has 0 atom stereocenters. The summed E-state index contributed by atoms with van der Waals surface area (Å²) >= 11 is 5.80. The molecule has 0 bridgehead atoms. The van der Waals surface area contributed by atoms with E-state index in [1.165, 1.54) is 9.80 Å². The second-order valence-corrected chi connectivity index (χ2v) is 8.83. The van der Waals surface area contributed by atoms with Crippen molar-refractivity contribution in [3.05, 3.63) is 35.2 Å². The topological polar surface area (TPSA) is 132 Å². The number of hydrogen-bond acceptors (Lipinski definition) is 9. The van der Waals surface area contributed by atoms with Gasteiger partial charge in [0.15, 0.2) is 6.61 Å². The number of ether oxygens (including phenoxy) is 2. The van der Waals surface area contributed by atoms with Crippen LogP contribution in [0.1, 0.15) is 12.8 Å². The molecule has 0 spiro atoms. The Morgan fingerprint density at radius 3 is 2.39 bits per heavy atom. The summed E-state index contributed by atoms with van der Waals surface area (Å²) in [5.41, 5.74) is 0. The standard InChI is InChI=1S/C18H21ClN4O7S/c1-2-28-18(25)23-9-7-22(8-10-23)16(24)12-31(26,27)17-21-20-15(30-17)11-29-14-5-3-13(19)4-6-14/h3-6H,2,7-12H2,1H3. The summed E-state index contributed by atoms with van der Waals surface area (Å²) in [7, 11) is -4.12. The summed E-state index contributed by atoms with van der Waals surface area (Å²) in [6.45, 7) is 2.75. The summed E-state index contributed by atoms with van der Waals surface area (Å²) in [6.07, 6.45) is -0.457. The fourth-order valence-corrected chi connectivity index (χ4v) is 3.91. The summed E-state index contributed by atoms with van der Waals surface area (Å²) in [5, 5.41) is 7.07. The van der Waals surface area contributed by atoms with E-state index in [2.05, 4.69) is 10.2 Å². The lowest BCUT2D eigenvalue weighted by molar-refractivity contribution is -0.130. The first kappa shape index (κ1) is 22.8. The van der Waals surface area contributed by atoms with Crippen molar-refractivity contribution in [1.29, 1.82) is 0 Å². The first-order chi connectivity index (χ1) is 14.8. The molecular formula is C18H21ClN4O7S. The number of halogens is 1. The van der Waals surface area contributed by atoms with Crippen molar-refractivity contribution < 1.29 is 31.9 Å². The molecule has 3 rings (SSSR count). The molecule has 11 nitrogen and oxygen atoms in total. The SMILES string of the molecule is CCOC(=O)N1CCN(C(=O)CS(=O)(=O)c2nnc(COc3ccc(Cl)cc3)o2)CC1. The number of aromatic nitrogens is 2. The third-order valence-electron chi connectivity index (χ3n) is 4.36. The maximum atomic E-state index is 12.5. The van der Waals surface area contributed by atoms with Crippen molar-refractivity contribution in [2.75, 3.05) is 38.5 Å². The number of amides is 2. The second-order valence-electron chi connectivity index (χ2n) is 6.53. The summed E-state index contributed by atoms with van der Waals surface area (Å²) in [6, 6.07) is 6.55. The predicted octanol–water partition coefficient (Wildman–Crippen LogP) is 1.38. The van der Waals surface area contributed by atoms with Gasteiger partial charge in [0.2, 0.25) is 15.7 Å². The van der Waals surface area contributed by atoms with E-state index in [9.17, 15) is 18.0 Å². The number of carbonyl (C=O) groups is 2. The van der Waals surface area contributed by atoms with Crippen molar-refractivity contribution in [3.8, 4) is 5.75 Å². The molecule has 1 aromatic heterocycles. The van der Waals surface area contributed by atoms with Crippen LogP contribution in [-0.2, 0) is 26.0 Å². The number of rotatable bonds is 7. The zero-order chi connectivity index (χ0) is 22.4. The lowest BCUT2D eigenvalue weighted by Gasteiger charge is -2.33. The Labute approximate surface area is 183 Å². The molecular weight excluding hydrogens is 452 g/mol. The third-order valence-corrected chi connectivity index (χ3v) is 5.94. The number of sulfone groups is 1. The Bertz CT molecular complexity index is 1020. The molecule has 1 aromatic carbocycles. The Morgan fingerprint density at radius 2 is 1.74 bits per heavy atom. The molecule has 1 aliphatic rings. The largest absolute Gasteiger partial charge is 0.484 e. The Morgan fingerprint density at radius 1 is 1.10 bits per heavy atom. The molecule has 168 valence electrons. The van der Waals surface area contributed by atoms with E-state index in [4.69, 9.17) is 25.5 Å². The quantitative estimate of drug-likeness (QED) is 0.585. The lowest BCUT2D eigenvalue weighted by Crippen LogP contribution is -2.51. The van der Waals surface area contributed by atoms with Gasteiger partial charge >= 0.3 is 11.3 Å². The van der Waals surface area contributed by atoms with Gasteiger partial charge in [-0.05, 0) is 31.2 Å². The predicted molar refractivity (Wildman–Crippen MR) is 107 cm³/mol. The Kier molecular flexibility index (Phi) is 7.33. The van der Waals surface area contributed by atoms with Gasteiger partial charge in [-0.1, -0.05) is 16.7 Å². The van der Waals surface area contributed by atoms with E-state index in [0.717, 1.165) is 0 Å². The van der Waals surface area contributed by atoms with Gasteiger partial charge in [0.25, 0.3) is 5.89 Å². The third kappa shape index (κ3) is 6.07. The normalized spacial score (nSPS) is 14.4. The molecule has 0 unspecified atom stereocenters. The Hall–Kier alpha value is -2.86. The molecule has 0 saturated carbocycles. The number of hydrogen-bond donors (Lipinski definition) is 0. The average molecular weight is 473 g/mol. The molecule has 0 aliphatic carbocycles. The van der Waals surface area contributed by atoms with E-state index in [1.807, 2.05) is 0 Å². The summed E-state index contributed by atoms with van der Waals surface area (Å²) in [5.74, 6) is -0.986. The first-order valence-corrected chi connectivity index (χ1v) is 11.4. The smallest absolute Gasteiger partial charge is 0.409 e. The Balaban J connectivity index is 1.53. The van der Waals surface area contributed by atoms with Crippen LogP contribution in [0.15, 0.2) is 33.9 Å². The van der Waals surface area contributed by atoms with E-state index in [-0.39, 0.29) is 45.3 Å². The second kappa shape index (κ2) is 9.96. The first-order valence-electron chi connectivity index (χ1n) is 9.41. The maximum absolute atomic E-state index is 12.5. The van der Waals surface area contributed by atoms with Crippen molar-refractivity contribution in [2.24, 2.45) is 0 Å². The van der Waals surface area contributed by atoms with Gasteiger partial charge < -0.3 is 23.7 Å². The van der Waals surface area contributed by atoms with Crippen molar-refractivity contribution in [2.45, 2.75) is 18.8 Å². The van der Waals surface area contributed by atoms with Gasteiger partial charge in [-0.3, -0.25) is 4.79 Å². The van der Waals surface area contributed by atoms with Crippen LogP contribution in [0.25, 0.3) is 0 Å². The van der Waals surface area contributed by atoms with Crippen LogP contribution < -0.4 is 4.74 Å². The molecule has 2 heterocycles. The highest BCUT2D eigenvalue weighted by Gasteiger charge is 2.31. The molecule has 1 aliphatic heterocycles. The van der Waals surface area contributed by atoms with Crippen molar-refractivity contribution in [1.82, 2.24) is 20.0 Å². The van der Waals surface area contributed by atoms with E-state index in [1.54, 1.807) is 31.2 Å². The van der Waals surface area contributed by atoms with Crippen LogP contribution in [0.2, 0.25) is 5.02 Å². The fourth-order valence-electron chi connectivity index (χ4n) is 2.77. The van der Waals surface area contributed by atoms with Gasteiger partial charge in [-0.25, -0.2) is 13.2 Å². The van der Waals surface area contributed by atoms with Gasteiger partial charge in [0.1, 0.15) is 11.5 Å². The van der Waals surface area contributed by atoms with Crippen LogP contribution in [-0.4, -0.2) is 79.0 Å². The molecule has 13 heteroatoms. The van der Waals surface area contributed by atoms with Crippen LogP contribution in [0, 0.1) is 0 Å². The van der Waals surface area contributed by atoms with E-state index >= 15 is 0 Å². The molecule has 0 radical (unpaired) electrons. The number of benzene rings is 1. The maximum Gasteiger partial charge on any atom is 0.409 e. The fraction of sp³-hybridized carbons (Fsp3) is 0.444. The van der Waals surface area contributed by atoms with Crippen molar-refractivity contribution >= 4 is 33.4 Å². The molecule has 2 aromatic rings. The number of nitrogens with zero attached hydrogens (tertiary/aromatic N) is 4. The summed E-state index contributed by atoms with van der Waals surface area (Å²) in [4.78, 5) is 27.0. The molecule has 2 amide bonds. The van der Waals surface area contributed by atoms with Gasteiger partial charge in [-0.2, -0.15) is 0 Å². The van der Waals surface area contributed by atoms with E-state index < -0.39 is 32.8 Å². The average Bonchev–Trinajstić information content (AvgIpc) is 3.23. The molecule has 1 fully saturated rings. The van der Waals surface area contributed by atoms with Crippen LogP contribution >= 0.6 is 11.6 Å². The zero-order valence-electron chi connectivity index (χ0n) is 16.7. The molecule has 31 heavy (non-hydrogen) atoms. The highest BCUT2D eigenvalue weighted by atomic mass is 35.5. The lowest BCUT2D eigenvalue weighted by atomic mass is 10.3. The van der Waals surface area contributed by atoms with E-state index in [0.29, 0.717) is 10.8 Å². The van der Waals surface area contributed by atoms with Gasteiger partial charge in [-0.15, -0.1) is 5.10 Å². The zero-order valence-corrected chi connectivity index (χ0v) is 18.3. The molecule has 0 N–H and O–H groups in total. The minimum Gasteiger partial charge on any atom is -0.484 e. The highest BCUT2D eigenvalue weighted by Crippen LogP contribution is 2.18. The van der Waals surface area contributed by atoms with Crippen LogP contribution in [0.3, 0.4) is 0 Å². The monoisotopic (exact) mass is 472 g/mol. The van der Waals surface area contributed by atoms with Crippen molar-refractivity contribution in [3.63, 3.8) is 0 Å². The van der Waals surface area contributed by atoms with Crippen LogP contribution in [0.5, 0.6) is 5.75 Å². The molecule has 1 saturated heterocycles. The minimum atomic E-state index is -4.12. The van der Waals surface area contributed by atoms with Gasteiger partial charge in [0.05, 0.1) is 6.61 Å². The van der Waals surface area contributed by atoms with Crippen LogP contribution in [0.4, 0.5) is 4.79 Å². The van der Waals surface area contributed by atoms with Gasteiger partial charge in [0, 0.05) is 31.2 Å². The summed E-state index contributed by atoms with van der Waals surface area (Å²) < 4.78 is 40.5. The number of carbonyl (C=O) groups excluding carboxylic acids is 2. The minimum absolute atomic E-state index is 0.0518.